The molecule has 0 amide bonds. The number of benzene rings is 2. The van der Waals surface area contributed by atoms with E-state index in [1.807, 2.05) is 0 Å². The predicted molar refractivity (Wildman–Crippen MR) is 101 cm³/mol. The topological polar surface area (TPSA) is 18.5 Å². The Morgan fingerprint density at radius 2 is 1.87 bits per heavy atom. The molecule has 4 heteroatoms. The molecule has 23 heavy (non-hydrogen) atoms. The van der Waals surface area contributed by atoms with Crippen molar-refractivity contribution in [3.63, 3.8) is 0 Å². The van der Waals surface area contributed by atoms with Gasteiger partial charge in [0.05, 0.1) is 13.3 Å². The van der Waals surface area contributed by atoms with Crippen LogP contribution < -0.4 is 10.2 Å². The monoisotopic (exact) mass is 325 g/mol. The van der Waals surface area contributed by atoms with Crippen molar-refractivity contribution in [3.8, 4) is 0 Å². The van der Waals surface area contributed by atoms with Gasteiger partial charge in [0.15, 0.2) is 5.11 Å². The van der Waals surface area contributed by atoms with Crippen molar-refractivity contribution in [1.29, 1.82) is 0 Å². The fraction of sp³-hybridized carbons (Fsp3) is 0.316. The summed E-state index contributed by atoms with van der Waals surface area (Å²) in [6, 6.07) is 17.1. The van der Waals surface area contributed by atoms with Crippen LogP contribution in [0.2, 0.25) is 0 Å². The van der Waals surface area contributed by atoms with Crippen LogP contribution in [0.25, 0.3) is 0 Å². The van der Waals surface area contributed by atoms with E-state index in [4.69, 9.17) is 12.2 Å². The van der Waals surface area contributed by atoms with E-state index in [1.165, 1.54) is 22.4 Å². The summed E-state index contributed by atoms with van der Waals surface area (Å²) < 4.78 is 0. The number of rotatable bonds is 4. The number of hydrogen-bond donors (Lipinski definition) is 1. The third-order valence-corrected chi connectivity index (χ3v) is 4.61. The number of nitrogens with one attached hydrogen (secondary N) is 1. The molecule has 2 aromatic rings. The molecular weight excluding hydrogens is 302 g/mol. The van der Waals surface area contributed by atoms with Crippen LogP contribution in [-0.2, 0) is 6.42 Å². The lowest BCUT2D eigenvalue weighted by Crippen LogP contribution is -2.56. The summed E-state index contributed by atoms with van der Waals surface area (Å²) >= 11 is 5.52. The summed E-state index contributed by atoms with van der Waals surface area (Å²) in [6.45, 7) is 6.93. The SMILES string of the molecule is Cc1ccc(N2CN(CCc3ccccc3)CNC2=S)c(C)c1. The number of thiocarbonyl (C=S) groups is 1. The third kappa shape index (κ3) is 3.89. The Bertz CT molecular complexity index is 684. The van der Waals surface area contributed by atoms with Gasteiger partial charge in [0, 0.05) is 12.2 Å². The lowest BCUT2D eigenvalue weighted by molar-refractivity contribution is 0.264. The normalized spacial score (nSPS) is 15.6. The van der Waals surface area contributed by atoms with Gasteiger partial charge in [0.2, 0.25) is 0 Å². The average molecular weight is 325 g/mol. The van der Waals surface area contributed by atoms with Gasteiger partial charge < -0.3 is 10.2 Å². The Balaban J connectivity index is 1.68. The first-order valence-corrected chi connectivity index (χ1v) is 8.43. The highest BCUT2D eigenvalue weighted by atomic mass is 32.1. The Morgan fingerprint density at radius 3 is 2.61 bits per heavy atom. The van der Waals surface area contributed by atoms with Gasteiger partial charge in [-0.05, 0) is 49.7 Å². The first-order chi connectivity index (χ1) is 11.1. The molecule has 0 saturated carbocycles. The zero-order valence-electron chi connectivity index (χ0n) is 13.7. The van der Waals surface area contributed by atoms with E-state index < -0.39 is 0 Å². The molecule has 3 rings (SSSR count). The lowest BCUT2D eigenvalue weighted by Gasteiger charge is -2.38. The van der Waals surface area contributed by atoms with Crippen LogP contribution in [0.1, 0.15) is 16.7 Å². The maximum absolute atomic E-state index is 5.52. The second-order valence-corrected chi connectivity index (χ2v) is 6.52. The van der Waals surface area contributed by atoms with Gasteiger partial charge in [-0.15, -0.1) is 0 Å². The molecule has 1 aliphatic rings. The molecule has 1 N–H and O–H groups in total. The van der Waals surface area contributed by atoms with Gasteiger partial charge >= 0.3 is 0 Å². The standard InChI is InChI=1S/C19H23N3S/c1-15-8-9-18(16(2)12-15)22-14-21(13-20-19(22)23)11-10-17-6-4-3-5-7-17/h3-9,12H,10-11,13-14H2,1-2H3,(H,20,23). The second-order valence-electron chi connectivity index (χ2n) is 6.13. The van der Waals surface area contributed by atoms with Crippen molar-refractivity contribution in [2.24, 2.45) is 0 Å². The summed E-state index contributed by atoms with van der Waals surface area (Å²) in [6.07, 6.45) is 1.05. The summed E-state index contributed by atoms with van der Waals surface area (Å²) in [4.78, 5) is 4.58. The van der Waals surface area contributed by atoms with E-state index in [-0.39, 0.29) is 0 Å². The van der Waals surface area contributed by atoms with Gasteiger partial charge in [-0.25, -0.2) is 0 Å². The van der Waals surface area contributed by atoms with E-state index >= 15 is 0 Å². The van der Waals surface area contributed by atoms with Crippen molar-refractivity contribution in [2.45, 2.75) is 20.3 Å². The molecule has 1 saturated heterocycles. The van der Waals surface area contributed by atoms with Gasteiger partial charge in [0.1, 0.15) is 0 Å². The minimum atomic E-state index is 0.813. The minimum absolute atomic E-state index is 0.813. The average Bonchev–Trinajstić information content (AvgIpc) is 2.55. The molecule has 120 valence electrons. The van der Waals surface area contributed by atoms with Crippen LogP contribution in [0.4, 0.5) is 5.69 Å². The molecule has 0 atom stereocenters. The summed E-state index contributed by atoms with van der Waals surface area (Å²) in [5.41, 5.74) is 5.11. The Kier molecular flexibility index (Phi) is 4.94. The minimum Gasteiger partial charge on any atom is -0.349 e. The first-order valence-electron chi connectivity index (χ1n) is 8.02. The van der Waals surface area contributed by atoms with Crippen LogP contribution in [-0.4, -0.2) is 29.9 Å². The summed E-state index contributed by atoms with van der Waals surface area (Å²) in [7, 11) is 0. The number of aryl methyl sites for hydroxylation is 2. The van der Waals surface area contributed by atoms with Crippen molar-refractivity contribution < 1.29 is 0 Å². The zero-order valence-corrected chi connectivity index (χ0v) is 14.6. The molecule has 0 bridgehead atoms. The van der Waals surface area contributed by atoms with Gasteiger partial charge in [-0.1, -0.05) is 48.0 Å². The first kappa shape index (κ1) is 16.0. The summed E-state index contributed by atoms with van der Waals surface area (Å²) in [5.74, 6) is 0. The maximum Gasteiger partial charge on any atom is 0.175 e. The lowest BCUT2D eigenvalue weighted by atomic mass is 10.1. The molecule has 1 fully saturated rings. The van der Waals surface area contributed by atoms with Crippen molar-refractivity contribution >= 4 is 23.0 Å². The molecule has 1 heterocycles. The Hall–Kier alpha value is -1.91. The maximum atomic E-state index is 5.52. The van der Waals surface area contributed by atoms with Crippen LogP contribution in [0.15, 0.2) is 48.5 Å². The van der Waals surface area contributed by atoms with Crippen molar-refractivity contribution in [3.05, 3.63) is 65.2 Å². The fourth-order valence-electron chi connectivity index (χ4n) is 2.96. The predicted octanol–water partition coefficient (Wildman–Crippen LogP) is 3.46. The van der Waals surface area contributed by atoms with E-state index in [1.54, 1.807) is 0 Å². The molecule has 0 unspecified atom stereocenters. The van der Waals surface area contributed by atoms with E-state index in [0.29, 0.717) is 0 Å². The highest BCUT2D eigenvalue weighted by Crippen LogP contribution is 2.23. The fourth-order valence-corrected chi connectivity index (χ4v) is 3.19. The third-order valence-electron chi connectivity index (χ3n) is 4.24. The van der Waals surface area contributed by atoms with E-state index in [9.17, 15) is 0 Å². The molecule has 0 spiro atoms. The molecule has 3 nitrogen and oxygen atoms in total. The highest BCUT2D eigenvalue weighted by Gasteiger charge is 2.22. The Labute approximate surface area is 143 Å². The molecular formula is C19H23N3S. The zero-order chi connectivity index (χ0) is 16.2. The van der Waals surface area contributed by atoms with Crippen LogP contribution in [0, 0.1) is 13.8 Å². The molecule has 1 aliphatic heterocycles. The molecule has 0 aromatic heterocycles. The Morgan fingerprint density at radius 1 is 1.09 bits per heavy atom. The van der Waals surface area contributed by atoms with Crippen molar-refractivity contribution in [2.75, 3.05) is 24.8 Å². The van der Waals surface area contributed by atoms with Gasteiger partial charge in [0.25, 0.3) is 0 Å². The molecule has 0 radical (unpaired) electrons. The number of nitrogens with zero attached hydrogens (tertiary/aromatic N) is 2. The van der Waals surface area contributed by atoms with Crippen LogP contribution >= 0.6 is 12.2 Å². The number of hydrogen-bond acceptors (Lipinski definition) is 2. The van der Waals surface area contributed by atoms with Crippen LogP contribution in [0.5, 0.6) is 0 Å². The smallest absolute Gasteiger partial charge is 0.175 e. The van der Waals surface area contributed by atoms with E-state index in [2.05, 4.69) is 77.5 Å². The van der Waals surface area contributed by atoms with Crippen molar-refractivity contribution in [1.82, 2.24) is 10.2 Å². The van der Waals surface area contributed by atoms with Gasteiger partial charge in [-0.3, -0.25) is 4.90 Å². The highest BCUT2D eigenvalue weighted by molar-refractivity contribution is 7.80. The van der Waals surface area contributed by atoms with Gasteiger partial charge in [-0.2, -0.15) is 0 Å². The van der Waals surface area contributed by atoms with E-state index in [0.717, 1.165) is 31.4 Å². The van der Waals surface area contributed by atoms with Crippen LogP contribution in [0.3, 0.4) is 0 Å². The largest absolute Gasteiger partial charge is 0.349 e. The summed E-state index contributed by atoms with van der Waals surface area (Å²) in [5, 5.41) is 4.15. The number of anilines is 1. The second kappa shape index (κ2) is 7.11. The quantitative estimate of drug-likeness (QED) is 0.868. The molecule has 0 aliphatic carbocycles. The molecule has 2 aromatic carbocycles.